The van der Waals surface area contributed by atoms with Gasteiger partial charge in [-0.1, -0.05) is 30.3 Å². The van der Waals surface area contributed by atoms with Crippen LogP contribution in [0.1, 0.15) is 5.76 Å². The number of aliphatic imine (C=N–C) groups is 1. The first-order chi connectivity index (χ1) is 13.6. The molecule has 1 aromatic heterocycles. The van der Waals surface area contributed by atoms with E-state index in [0.29, 0.717) is 22.8 Å². The molecule has 28 heavy (non-hydrogen) atoms. The molecule has 0 amide bonds. The molecular formula is C22H16N2O4. The third-order valence-corrected chi connectivity index (χ3v) is 4.37. The van der Waals surface area contributed by atoms with Crippen molar-refractivity contribution in [1.82, 2.24) is 0 Å². The zero-order valence-electron chi connectivity index (χ0n) is 15.0. The van der Waals surface area contributed by atoms with E-state index in [-0.39, 0.29) is 5.69 Å². The average molecular weight is 372 g/mol. The largest absolute Gasteiger partial charge is 0.497 e. The van der Waals surface area contributed by atoms with E-state index in [2.05, 4.69) is 4.99 Å². The minimum atomic E-state index is -0.455. The summed E-state index contributed by atoms with van der Waals surface area (Å²) in [5.74, 6) is 1.32. The van der Waals surface area contributed by atoms with E-state index in [1.165, 1.54) is 13.2 Å². The van der Waals surface area contributed by atoms with Crippen LogP contribution in [0.15, 0.2) is 82.2 Å². The predicted octanol–water partition coefficient (Wildman–Crippen LogP) is 5.77. The molecule has 4 rings (SSSR count). The summed E-state index contributed by atoms with van der Waals surface area (Å²) in [5, 5.41) is 13.6. The van der Waals surface area contributed by atoms with Crippen LogP contribution < -0.4 is 4.74 Å². The normalized spacial score (nSPS) is 11.2. The quantitative estimate of drug-likeness (QED) is 0.253. The van der Waals surface area contributed by atoms with E-state index in [1.807, 2.05) is 42.5 Å². The maximum atomic E-state index is 11.4. The van der Waals surface area contributed by atoms with E-state index < -0.39 is 4.92 Å². The van der Waals surface area contributed by atoms with E-state index in [4.69, 9.17) is 9.15 Å². The third kappa shape index (κ3) is 3.48. The number of benzene rings is 3. The second-order valence-electron chi connectivity index (χ2n) is 6.13. The molecule has 0 bridgehead atoms. The molecule has 138 valence electrons. The lowest BCUT2D eigenvalue weighted by Crippen LogP contribution is -1.93. The highest BCUT2D eigenvalue weighted by atomic mass is 16.6. The summed E-state index contributed by atoms with van der Waals surface area (Å²) < 4.78 is 10.8. The number of methoxy groups -OCH3 is 1. The van der Waals surface area contributed by atoms with Crippen molar-refractivity contribution >= 4 is 28.4 Å². The number of furan rings is 1. The summed E-state index contributed by atoms with van der Waals surface area (Å²) in [6.07, 6.45) is 1.60. The number of hydrogen-bond donors (Lipinski definition) is 0. The molecule has 0 saturated heterocycles. The molecule has 0 spiro atoms. The summed E-state index contributed by atoms with van der Waals surface area (Å²) in [6.45, 7) is 0. The van der Waals surface area contributed by atoms with Crippen LogP contribution in [-0.4, -0.2) is 18.2 Å². The number of nitro benzene ring substituents is 1. The highest BCUT2D eigenvalue weighted by molar-refractivity contribution is 5.87. The maximum absolute atomic E-state index is 11.4. The van der Waals surface area contributed by atoms with E-state index in [1.54, 1.807) is 30.5 Å². The van der Waals surface area contributed by atoms with Crippen molar-refractivity contribution in [3.63, 3.8) is 0 Å². The Morgan fingerprint density at radius 2 is 1.82 bits per heavy atom. The Bertz CT molecular complexity index is 1190. The molecule has 6 heteroatoms. The van der Waals surface area contributed by atoms with Crippen molar-refractivity contribution in [1.29, 1.82) is 0 Å². The lowest BCUT2D eigenvalue weighted by atomic mass is 10.1. The Balaban J connectivity index is 1.62. The summed E-state index contributed by atoms with van der Waals surface area (Å²) in [6, 6.07) is 22.0. The Kier molecular flexibility index (Phi) is 4.60. The second-order valence-corrected chi connectivity index (χ2v) is 6.13. The number of nitro groups is 1. The van der Waals surface area contributed by atoms with Crippen LogP contribution in [0.25, 0.3) is 22.1 Å². The summed E-state index contributed by atoms with van der Waals surface area (Å²) in [5.41, 5.74) is 1.11. The number of nitrogens with zero attached hydrogens (tertiary/aromatic N) is 2. The lowest BCUT2D eigenvalue weighted by Gasteiger charge is -2.03. The molecule has 4 aromatic rings. The predicted molar refractivity (Wildman–Crippen MR) is 109 cm³/mol. The monoisotopic (exact) mass is 372 g/mol. The second kappa shape index (κ2) is 7.36. The molecule has 0 saturated carbocycles. The van der Waals surface area contributed by atoms with Gasteiger partial charge in [-0.25, -0.2) is 0 Å². The molecular weight excluding hydrogens is 356 g/mol. The van der Waals surface area contributed by atoms with Crippen LogP contribution >= 0.6 is 0 Å². The number of fused-ring (bicyclic) bond motifs is 1. The first-order valence-corrected chi connectivity index (χ1v) is 8.59. The Morgan fingerprint density at radius 1 is 1.00 bits per heavy atom. The molecule has 3 aromatic carbocycles. The van der Waals surface area contributed by atoms with Crippen LogP contribution in [0, 0.1) is 10.1 Å². The van der Waals surface area contributed by atoms with Crippen molar-refractivity contribution in [2.45, 2.75) is 0 Å². The van der Waals surface area contributed by atoms with Gasteiger partial charge < -0.3 is 9.15 Å². The molecule has 1 heterocycles. The van der Waals surface area contributed by atoms with Gasteiger partial charge in [0.15, 0.2) is 0 Å². The number of ether oxygens (including phenoxy) is 1. The summed E-state index contributed by atoms with van der Waals surface area (Å²) in [4.78, 5) is 15.4. The van der Waals surface area contributed by atoms with Crippen molar-refractivity contribution in [2.75, 3.05) is 7.11 Å². The lowest BCUT2D eigenvalue weighted by molar-refractivity contribution is -0.384. The first kappa shape index (κ1) is 17.5. The molecule has 0 fully saturated rings. The molecule has 0 N–H and O–H groups in total. The van der Waals surface area contributed by atoms with E-state index >= 15 is 0 Å². The maximum Gasteiger partial charge on any atom is 0.284 e. The molecule has 0 unspecified atom stereocenters. The minimum absolute atomic E-state index is 0.0771. The highest BCUT2D eigenvalue weighted by Gasteiger charge is 2.19. The molecule has 0 aliphatic heterocycles. The van der Waals surface area contributed by atoms with Crippen LogP contribution in [0.5, 0.6) is 5.75 Å². The van der Waals surface area contributed by atoms with Gasteiger partial charge in [0.2, 0.25) is 0 Å². The molecule has 0 aliphatic rings. The van der Waals surface area contributed by atoms with Gasteiger partial charge in [-0.3, -0.25) is 15.1 Å². The van der Waals surface area contributed by atoms with Gasteiger partial charge in [0.1, 0.15) is 17.3 Å². The first-order valence-electron chi connectivity index (χ1n) is 8.59. The number of rotatable bonds is 5. The highest BCUT2D eigenvalue weighted by Crippen LogP contribution is 2.34. The topological polar surface area (TPSA) is 77.9 Å². The van der Waals surface area contributed by atoms with Crippen LogP contribution in [0.2, 0.25) is 0 Å². The Morgan fingerprint density at radius 3 is 2.61 bits per heavy atom. The number of hydrogen-bond acceptors (Lipinski definition) is 5. The zero-order chi connectivity index (χ0) is 19.5. The van der Waals surface area contributed by atoms with Crippen LogP contribution in [0.4, 0.5) is 11.4 Å². The fourth-order valence-corrected chi connectivity index (χ4v) is 2.96. The van der Waals surface area contributed by atoms with Crippen LogP contribution in [-0.2, 0) is 0 Å². The van der Waals surface area contributed by atoms with Gasteiger partial charge >= 0.3 is 0 Å². The van der Waals surface area contributed by atoms with Crippen molar-refractivity contribution < 1.29 is 14.1 Å². The fraction of sp³-hybridized carbons (Fsp3) is 0.0455. The van der Waals surface area contributed by atoms with Gasteiger partial charge in [-0.2, -0.15) is 0 Å². The Labute approximate surface area is 160 Å². The average Bonchev–Trinajstić information content (AvgIpc) is 3.20. The molecule has 0 aliphatic carbocycles. The van der Waals surface area contributed by atoms with Gasteiger partial charge in [0.05, 0.1) is 35.6 Å². The van der Waals surface area contributed by atoms with Gasteiger partial charge in [0.25, 0.3) is 5.69 Å². The fourth-order valence-electron chi connectivity index (χ4n) is 2.96. The van der Waals surface area contributed by atoms with Gasteiger partial charge in [-0.15, -0.1) is 0 Å². The smallest absolute Gasteiger partial charge is 0.284 e. The van der Waals surface area contributed by atoms with E-state index in [9.17, 15) is 10.1 Å². The minimum Gasteiger partial charge on any atom is -0.497 e. The van der Waals surface area contributed by atoms with Crippen molar-refractivity contribution in [2.24, 2.45) is 4.99 Å². The zero-order valence-corrected chi connectivity index (χ0v) is 15.0. The van der Waals surface area contributed by atoms with Crippen molar-refractivity contribution in [3.05, 3.63) is 88.7 Å². The van der Waals surface area contributed by atoms with Crippen LogP contribution in [0.3, 0.4) is 0 Å². The molecule has 6 nitrogen and oxygen atoms in total. The third-order valence-electron chi connectivity index (χ3n) is 4.37. The van der Waals surface area contributed by atoms with Gasteiger partial charge in [0, 0.05) is 0 Å². The van der Waals surface area contributed by atoms with Gasteiger partial charge in [-0.05, 0) is 47.2 Å². The summed E-state index contributed by atoms with van der Waals surface area (Å²) >= 11 is 0. The standard InChI is InChI=1S/C22H16N2O4/c1-27-18-8-10-20(21(13-18)24(25)26)22-11-9-19(28-22)14-23-17-7-6-15-4-2-3-5-16(15)12-17/h2-14H,1H3. The van der Waals surface area contributed by atoms with Crippen molar-refractivity contribution in [3.8, 4) is 17.1 Å². The summed E-state index contributed by atoms with van der Waals surface area (Å²) in [7, 11) is 1.47. The molecule has 0 radical (unpaired) electrons. The van der Waals surface area contributed by atoms with E-state index in [0.717, 1.165) is 16.5 Å². The SMILES string of the molecule is COc1ccc(-c2ccc(C=Nc3ccc4ccccc4c3)o2)c([N+](=O)[O-])c1. The molecule has 0 atom stereocenters. The Hall–Kier alpha value is -3.93.